The molecule has 0 radical (unpaired) electrons. The Labute approximate surface area is 163 Å². The molecule has 28 heavy (non-hydrogen) atoms. The van der Waals surface area contributed by atoms with Crippen molar-refractivity contribution >= 4 is 5.91 Å². The molecule has 3 heterocycles. The van der Waals surface area contributed by atoms with E-state index < -0.39 is 0 Å². The fourth-order valence-electron chi connectivity index (χ4n) is 3.68. The maximum atomic E-state index is 13.3. The second kappa shape index (κ2) is 7.38. The first-order valence-corrected chi connectivity index (χ1v) is 9.22. The number of rotatable bonds is 4. The van der Waals surface area contributed by atoms with Gasteiger partial charge in [-0.15, -0.1) is 0 Å². The van der Waals surface area contributed by atoms with E-state index in [2.05, 4.69) is 17.7 Å². The summed E-state index contributed by atoms with van der Waals surface area (Å²) in [5.41, 5.74) is 4.51. The number of amides is 1. The van der Waals surface area contributed by atoms with Gasteiger partial charge in [-0.2, -0.15) is 5.10 Å². The first-order valence-electron chi connectivity index (χ1n) is 9.22. The molecule has 142 valence electrons. The number of nitrogens with zero attached hydrogens (tertiary/aromatic N) is 4. The van der Waals surface area contributed by atoms with Crippen molar-refractivity contribution < 1.29 is 9.18 Å². The molecule has 0 aliphatic carbocycles. The predicted molar refractivity (Wildman–Crippen MR) is 106 cm³/mol. The van der Waals surface area contributed by atoms with E-state index in [-0.39, 0.29) is 17.6 Å². The molecule has 0 spiro atoms. The summed E-state index contributed by atoms with van der Waals surface area (Å²) in [4.78, 5) is 18.5. The van der Waals surface area contributed by atoms with E-state index in [0.29, 0.717) is 13.1 Å². The summed E-state index contributed by atoms with van der Waals surface area (Å²) >= 11 is 0. The number of likely N-dealkylation sites (tertiary alicyclic amines) is 1. The molecule has 6 heteroatoms. The Balaban J connectivity index is 1.75. The summed E-state index contributed by atoms with van der Waals surface area (Å²) in [7, 11) is 1.88. The molecule has 5 nitrogen and oxygen atoms in total. The van der Waals surface area contributed by atoms with Crippen LogP contribution in [0, 0.1) is 5.82 Å². The van der Waals surface area contributed by atoms with Gasteiger partial charge in [0.15, 0.2) is 0 Å². The van der Waals surface area contributed by atoms with E-state index in [1.807, 2.05) is 25.5 Å². The van der Waals surface area contributed by atoms with Crippen LogP contribution >= 0.6 is 0 Å². The highest BCUT2D eigenvalue weighted by molar-refractivity contribution is 5.87. The average Bonchev–Trinajstić information content (AvgIpc) is 3.37. The molecular formula is C22H21FN4O. The second-order valence-corrected chi connectivity index (χ2v) is 7.01. The minimum atomic E-state index is -0.267. The zero-order valence-corrected chi connectivity index (χ0v) is 15.7. The van der Waals surface area contributed by atoms with Crippen LogP contribution in [0.5, 0.6) is 0 Å². The Morgan fingerprint density at radius 2 is 2.04 bits per heavy atom. The number of hydrogen-bond acceptors (Lipinski definition) is 3. The van der Waals surface area contributed by atoms with Crippen LogP contribution in [0.4, 0.5) is 4.39 Å². The van der Waals surface area contributed by atoms with Gasteiger partial charge in [-0.3, -0.25) is 14.5 Å². The van der Waals surface area contributed by atoms with Crippen LogP contribution < -0.4 is 0 Å². The van der Waals surface area contributed by atoms with Crippen LogP contribution in [-0.4, -0.2) is 38.7 Å². The summed E-state index contributed by atoms with van der Waals surface area (Å²) in [6.07, 6.45) is 5.91. The molecule has 0 N–H and O–H groups in total. The minimum absolute atomic E-state index is 0.0511. The molecule has 1 aliphatic heterocycles. The normalized spacial score (nSPS) is 16.4. The largest absolute Gasteiger partial charge is 0.338 e. The third kappa shape index (κ3) is 3.45. The summed E-state index contributed by atoms with van der Waals surface area (Å²) in [6, 6.07) is 10.4. The maximum Gasteiger partial charge on any atom is 0.245 e. The van der Waals surface area contributed by atoms with Gasteiger partial charge in [0.25, 0.3) is 0 Å². The van der Waals surface area contributed by atoms with Crippen molar-refractivity contribution in [1.82, 2.24) is 19.7 Å². The van der Waals surface area contributed by atoms with E-state index in [1.54, 1.807) is 21.7 Å². The van der Waals surface area contributed by atoms with Crippen LogP contribution in [0.25, 0.3) is 22.4 Å². The third-order valence-electron chi connectivity index (χ3n) is 5.15. The molecule has 3 aromatic rings. The molecule has 0 bridgehead atoms. The van der Waals surface area contributed by atoms with Crippen molar-refractivity contribution in [2.75, 3.05) is 13.1 Å². The quantitative estimate of drug-likeness (QED) is 0.651. The monoisotopic (exact) mass is 376 g/mol. The maximum absolute atomic E-state index is 13.3. The lowest BCUT2D eigenvalue weighted by Gasteiger charge is -2.17. The molecule has 1 aromatic carbocycles. The number of pyridine rings is 1. The lowest BCUT2D eigenvalue weighted by molar-refractivity contribution is -0.125. The molecule has 1 amide bonds. The van der Waals surface area contributed by atoms with Crippen LogP contribution in [-0.2, 0) is 11.8 Å². The molecule has 2 aromatic heterocycles. The van der Waals surface area contributed by atoms with Gasteiger partial charge in [0, 0.05) is 49.6 Å². The van der Waals surface area contributed by atoms with Gasteiger partial charge < -0.3 is 4.90 Å². The van der Waals surface area contributed by atoms with Gasteiger partial charge in [0.1, 0.15) is 5.82 Å². The summed E-state index contributed by atoms with van der Waals surface area (Å²) in [5.74, 6) is -0.177. The molecule has 1 atom stereocenters. The Kier molecular flexibility index (Phi) is 4.77. The first-order chi connectivity index (χ1) is 13.5. The summed E-state index contributed by atoms with van der Waals surface area (Å²) in [6.45, 7) is 4.89. The van der Waals surface area contributed by atoms with E-state index in [0.717, 1.165) is 34.5 Å². The molecule has 1 unspecified atom stereocenters. The van der Waals surface area contributed by atoms with Crippen molar-refractivity contribution in [1.29, 1.82) is 0 Å². The summed E-state index contributed by atoms with van der Waals surface area (Å²) in [5, 5.41) is 4.55. The molecule has 1 saturated heterocycles. The van der Waals surface area contributed by atoms with Crippen LogP contribution in [0.1, 0.15) is 18.0 Å². The second-order valence-electron chi connectivity index (χ2n) is 7.01. The number of benzene rings is 1. The highest BCUT2D eigenvalue weighted by atomic mass is 19.1. The van der Waals surface area contributed by atoms with Crippen molar-refractivity contribution in [3.63, 3.8) is 0 Å². The predicted octanol–water partition coefficient (Wildman–Crippen LogP) is 3.79. The standard InChI is InChI=1S/C22H21FN4O/c1-3-21(28)27-11-8-16(14-27)22-19(20-9-10-26(2)25-20)12-17(13-24-22)15-4-6-18(23)7-5-15/h3-7,9-10,12-13,16H,1,8,11,14H2,2H3. The highest BCUT2D eigenvalue weighted by Gasteiger charge is 2.29. The smallest absolute Gasteiger partial charge is 0.245 e. The van der Waals surface area contributed by atoms with Crippen LogP contribution in [0.3, 0.4) is 0 Å². The molecule has 1 fully saturated rings. The Bertz CT molecular complexity index is 1030. The van der Waals surface area contributed by atoms with Gasteiger partial charge in [-0.05, 0) is 42.3 Å². The molecule has 4 rings (SSSR count). The number of aryl methyl sites for hydroxylation is 1. The van der Waals surface area contributed by atoms with Gasteiger partial charge in [0.2, 0.25) is 5.91 Å². The first kappa shape index (κ1) is 18.1. The number of carbonyl (C=O) groups is 1. The van der Waals surface area contributed by atoms with E-state index in [1.165, 1.54) is 18.2 Å². The van der Waals surface area contributed by atoms with Gasteiger partial charge in [-0.25, -0.2) is 4.39 Å². The Hall–Kier alpha value is -3.28. The molecule has 1 aliphatic rings. The lowest BCUT2D eigenvalue weighted by Crippen LogP contribution is -2.26. The number of carbonyl (C=O) groups excluding carboxylic acids is 1. The molecular weight excluding hydrogens is 355 g/mol. The SMILES string of the molecule is C=CC(=O)N1CCC(c2ncc(-c3ccc(F)cc3)cc2-c2ccn(C)n2)C1. The van der Waals surface area contributed by atoms with Gasteiger partial charge in [0.05, 0.1) is 11.4 Å². The third-order valence-corrected chi connectivity index (χ3v) is 5.15. The minimum Gasteiger partial charge on any atom is -0.338 e. The van der Waals surface area contributed by atoms with Gasteiger partial charge in [-0.1, -0.05) is 18.7 Å². The Morgan fingerprint density at radius 3 is 2.71 bits per heavy atom. The highest BCUT2D eigenvalue weighted by Crippen LogP contribution is 2.35. The fourth-order valence-corrected chi connectivity index (χ4v) is 3.68. The Morgan fingerprint density at radius 1 is 1.25 bits per heavy atom. The van der Waals surface area contributed by atoms with Crippen molar-refractivity contribution in [2.24, 2.45) is 7.05 Å². The lowest BCUT2D eigenvalue weighted by atomic mass is 9.95. The zero-order valence-electron chi connectivity index (χ0n) is 15.7. The van der Waals surface area contributed by atoms with Crippen molar-refractivity contribution in [3.8, 4) is 22.4 Å². The van der Waals surface area contributed by atoms with Crippen LogP contribution in [0.2, 0.25) is 0 Å². The zero-order chi connectivity index (χ0) is 19.7. The van der Waals surface area contributed by atoms with Crippen LogP contribution in [0.15, 0.2) is 61.4 Å². The van der Waals surface area contributed by atoms with Crippen molar-refractivity contribution in [2.45, 2.75) is 12.3 Å². The molecule has 0 saturated carbocycles. The van der Waals surface area contributed by atoms with E-state index >= 15 is 0 Å². The average molecular weight is 376 g/mol. The van der Waals surface area contributed by atoms with Gasteiger partial charge >= 0.3 is 0 Å². The van der Waals surface area contributed by atoms with E-state index in [4.69, 9.17) is 4.98 Å². The van der Waals surface area contributed by atoms with E-state index in [9.17, 15) is 9.18 Å². The summed E-state index contributed by atoms with van der Waals surface area (Å²) < 4.78 is 15.0. The fraction of sp³-hybridized carbons (Fsp3) is 0.227. The topological polar surface area (TPSA) is 51.0 Å². The van der Waals surface area contributed by atoms with Crippen molar-refractivity contribution in [3.05, 3.63) is 73.0 Å². The number of hydrogen-bond donors (Lipinski definition) is 0. The number of halogens is 1. The number of aromatic nitrogens is 3.